The third kappa shape index (κ3) is 5.09. The molecule has 0 aliphatic rings. The van der Waals surface area contributed by atoms with E-state index in [1.807, 2.05) is 72.8 Å². The SMILES string of the molecule is Nc1ccccc1N.c1ccc(N=Nc2ccccc2)cc1. The van der Waals surface area contributed by atoms with Gasteiger partial charge in [0.2, 0.25) is 0 Å². The van der Waals surface area contributed by atoms with E-state index < -0.39 is 0 Å². The van der Waals surface area contributed by atoms with Gasteiger partial charge in [0.05, 0.1) is 22.7 Å². The summed E-state index contributed by atoms with van der Waals surface area (Å²) >= 11 is 0. The first-order valence-corrected chi connectivity index (χ1v) is 6.87. The normalized spacial score (nSPS) is 10.0. The van der Waals surface area contributed by atoms with E-state index in [1.165, 1.54) is 0 Å². The molecule has 0 atom stereocenters. The molecule has 0 aromatic heterocycles. The number of para-hydroxylation sites is 2. The maximum Gasteiger partial charge on any atom is 0.0857 e. The van der Waals surface area contributed by atoms with Crippen molar-refractivity contribution < 1.29 is 0 Å². The number of nitrogens with zero attached hydrogens (tertiary/aromatic N) is 2. The molecule has 0 aliphatic carbocycles. The topological polar surface area (TPSA) is 76.8 Å². The maximum atomic E-state index is 5.39. The smallest absolute Gasteiger partial charge is 0.0857 e. The first-order valence-electron chi connectivity index (χ1n) is 6.87. The van der Waals surface area contributed by atoms with Crippen molar-refractivity contribution in [2.45, 2.75) is 0 Å². The largest absolute Gasteiger partial charge is 0.397 e. The number of azo groups is 1. The van der Waals surface area contributed by atoms with Crippen molar-refractivity contribution in [1.29, 1.82) is 0 Å². The molecule has 3 aromatic rings. The fraction of sp³-hybridized carbons (Fsp3) is 0. The van der Waals surface area contributed by atoms with E-state index in [-0.39, 0.29) is 0 Å². The van der Waals surface area contributed by atoms with Crippen LogP contribution in [0.1, 0.15) is 0 Å². The first-order chi connectivity index (χ1) is 10.8. The molecule has 0 radical (unpaired) electrons. The molecule has 0 fully saturated rings. The van der Waals surface area contributed by atoms with Gasteiger partial charge in [-0.25, -0.2) is 0 Å². The summed E-state index contributed by atoms with van der Waals surface area (Å²) in [7, 11) is 0. The zero-order valence-electron chi connectivity index (χ0n) is 12.1. The van der Waals surface area contributed by atoms with Crippen LogP contribution < -0.4 is 11.5 Å². The van der Waals surface area contributed by atoms with E-state index in [0.29, 0.717) is 11.4 Å². The summed E-state index contributed by atoms with van der Waals surface area (Å²) in [6.07, 6.45) is 0. The summed E-state index contributed by atoms with van der Waals surface area (Å²) in [5.41, 5.74) is 13.8. The van der Waals surface area contributed by atoms with Gasteiger partial charge in [-0.2, -0.15) is 10.2 Å². The average molecular weight is 290 g/mol. The van der Waals surface area contributed by atoms with Gasteiger partial charge in [-0.05, 0) is 36.4 Å². The van der Waals surface area contributed by atoms with Gasteiger partial charge in [-0.15, -0.1) is 0 Å². The number of benzene rings is 3. The molecule has 0 spiro atoms. The average Bonchev–Trinajstić information content (AvgIpc) is 2.58. The molecule has 4 nitrogen and oxygen atoms in total. The van der Waals surface area contributed by atoms with Crippen molar-refractivity contribution in [1.82, 2.24) is 0 Å². The van der Waals surface area contributed by atoms with Gasteiger partial charge >= 0.3 is 0 Å². The minimum atomic E-state index is 0.646. The highest BCUT2D eigenvalue weighted by molar-refractivity contribution is 5.62. The van der Waals surface area contributed by atoms with E-state index >= 15 is 0 Å². The van der Waals surface area contributed by atoms with Crippen molar-refractivity contribution in [2.24, 2.45) is 10.2 Å². The van der Waals surface area contributed by atoms with Gasteiger partial charge in [0.25, 0.3) is 0 Å². The Hall–Kier alpha value is -3.14. The lowest BCUT2D eigenvalue weighted by atomic mass is 10.3. The predicted octanol–water partition coefficient (Wildman–Crippen LogP) is 4.95. The van der Waals surface area contributed by atoms with Gasteiger partial charge < -0.3 is 11.5 Å². The number of nitrogen functional groups attached to an aromatic ring is 2. The highest BCUT2D eigenvalue weighted by Gasteiger charge is 1.87. The van der Waals surface area contributed by atoms with Crippen molar-refractivity contribution >= 4 is 22.7 Å². The Morgan fingerprint density at radius 3 is 1.09 bits per heavy atom. The quantitative estimate of drug-likeness (QED) is 0.517. The summed E-state index contributed by atoms with van der Waals surface area (Å²) < 4.78 is 0. The Labute approximate surface area is 130 Å². The van der Waals surface area contributed by atoms with Crippen LogP contribution >= 0.6 is 0 Å². The molecule has 110 valence electrons. The van der Waals surface area contributed by atoms with Crippen molar-refractivity contribution in [3.63, 3.8) is 0 Å². The van der Waals surface area contributed by atoms with Crippen LogP contribution in [0.15, 0.2) is 95.2 Å². The molecule has 0 saturated heterocycles. The van der Waals surface area contributed by atoms with Gasteiger partial charge in [0.1, 0.15) is 0 Å². The number of hydrogen-bond acceptors (Lipinski definition) is 4. The third-order valence-corrected chi connectivity index (χ3v) is 2.79. The van der Waals surface area contributed by atoms with Crippen molar-refractivity contribution in [3.05, 3.63) is 84.9 Å². The molecule has 3 rings (SSSR count). The summed E-state index contributed by atoms with van der Waals surface area (Å²) in [5.74, 6) is 0. The van der Waals surface area contributed by atoms with Gasteiger partial charge in [0.15, 0.2) is 0 Å². The first kappa shape index (κ1) is 15.3. The third-order valence-electron chi connectivity index (χ3n) is 2.79. The van der Waals surface area contributed by atoms with Crippen LogP contribution in [0.3, 0.4) is 0 Å². The molecule has 0 saturated carbocycles. The molecular formula is C18H18N4. The van der Waals surface area contributed by atoms with Gasteiger partial charge in [0, 0.05) is 0 Å². The highest BCUT2D eigenvalue weighted by Crippen LogP contribution is 2.16. The molecule has 4 N–H and O–H groups in total. The van der Waals surface area contributed by atoms with E-state index in [2.05, 4.69) is 10.2 Å². The lowest BCUT2D eigenvalue weighted by Gasteiger charge is -1.94. The molecule has 0 amide bonds. The minimum Gasteiger partial charge on any atom is -0.397 e. The summed E-state index contributed by atoms with van der Waals surface area (Å²) in [5, 5.41) is 8.20. The Morgan fingerprint density at radius 2 is 0.773 bits per heavy atom. The molecule has 0 aliphatic heterocycles. The second kappa shape index (κ2) is 8.21. The zero-order chi connectivity index (χ0) is 15.6. The van der Waals surface area contributed by atoms with E-state index in [1.54, 1.807) is 12.1 Å². The number of hydrogen-bond donors (Lipinski definition) is 2. The van der Waals surface area contributed by atoms with Crippen molar-refractivity contribution in [2.75, 3.05) is 11.5 Å². The lowest BCUT2D eigenvalue weighted by molar-refractivity contribution is 1.23. The van der Waals surface area contributed by atoms with Crippen LogP contribution in [0.5, 0.6) is 0 Å². The van der Waals surface area contributed by atoms with E-state index in [4.69, 9.17) is 11.5 Å². The molecule has 22 heavy (non-hydrogen) atoms. The number of nitrogens with two attached hydrogens (primary N) is 2. The van der Waals surface area contributed by atoms with Crippen LogP contribution in [0, 0.1) is 0 Å². The Morgan fingerprint density at radius 1 is 0.455 bits per heavy atom. The van der Waals surface area contributed by atoms with Gasteiger partial charge in [-0.1, -0.05) is 48.5 Å². The Bertz CT molecular complexity index is 647. The van der Waals surface area contributed by atoms with Crippen molar-refractivity contribution in [3.8, 4) is 0 Å². The van der Waals surface area contributed by atoms with Crippen LogP contribution in [0.25, 0.3) is 0 Å². The lowest BCUT2D eigenvalue weighted by Crippen LogP contribution is -1.91. The van der Waals surface area contributed by atoms with Crippen LogP contribution in [0.4, 0.5) is 22.7 Å². The summed E-state index contributed by atoms with van der Waals surface area (Å²) in [4.78, 5) is 0. The standard InChI is InChI=1S/C12H10N2.C6H8N2/c1-3-7-11(8-4-1)13-14-12-9-5-2-6-10-12;7-5-3-1-2-4-6(5)8/h1-10H;1-4H,7-8H2. The Balaban J connectivity index is 0.000000188. The second-order valence-electron chi connectivity index (χ2n) is 4.50. The predicted molar refractivity (Wildman–Crippen MR) is 92.3 cm³/mol. The van der Waals surface area contributed by atoms with E-state index in [0.717, 1.165) is 11.4 Å². The fourth-order valence-electron chi connectivity index (χ4n) is 1.62. The molecular weight excluding hydrogens is 272 g/mol. The second-order valence-corrected chi connectivity index (χ2v) is 4.50. The molecule has 0 heterocycles. The molecule has 0 bridgehead atoms. The maximum absolute atomic E-state index is 5.39. The molecule has 0 unspecified atom stereocenters. The zero-order valence-corrected chi connectivity index (χ0v) is 12.1. The minimum absolute atomic E-state index is 0.646. The van der Waals surface area contributed by atoms with Crippen LogP contribution in [-0.2, 0) is 0 Å². The van der Waals surface area contributed by atoms with Gasteiger partial charge in [-0.3, -0.25) is 0 Å². The monoisotopic (exact) mass is 290 g/mol. The highest BCUT2D eigenvalue weighted by atomic mass is 15.1. The summed E-state index contributed by atoms with van der Waals surface area (Å²) in [6, 6.07) is 26.6. The Kier molecular flexibility index (Phi) is 5.70. The van der Waals surface area contributed by atoms with Crippen LogP contribution in [-0.4, -0.2) is 0 Å². The summed E-state index contributed by atoms with van der Waals surface area (Å²) in [6.45, 7) is 0. The number of rotatable bonds is 2. The molecule has 3 aromatic carbocycles. The fourth-order valence-corrected chi connectivity index (χ4v) is 1.62. The molecule has 4 heteroatoms. The number of anilines is 2. The van der Waals surface area contributed by atoms with E-state index in [9.17, 15) is 0 Å². The van der Waals surface area contributed by atoms with Crippen LogP contribution in [0.2, 0.25) is 0 Å².